The van der Waals surface area contributed by atoms with Gasteiger partial charge >= 0.3 is 5.69 Å². The summed E-state index contributed by atoms with van der Waals surface area (Å²) in [5, 5.41) is 11.2. The van der Waals surface area contributed by atoms with E-state index in [4.69, 9.17) is 0 Å². The van der Waals surface area contributed by atoms with Gasteiger partial charge in [0.25, 0.3) is 0 Å². The molecule has 0 atom stereocenters. The summed E-state index contributed by atoms with van der Waals surface area (Å²) in [6, 6.07) is 0. The van der Waals surface area contributed by atoms with Gasteiger partial charge in [0, 0.05) is 45.7 Å². The number of hydrogen-bond acceptors (Lipinski definition) is 4. The van der Waals surface area contributed by atoms with E-state index in [-0.39, 0.29) is 5.69 Å². The number of nitrogens with zero attached hydrogens (tertiary/aromatic N) is 5. The van der Waals surface area contributed by atoms with Gasteiger partial charge in [0.15, 0.2) is 5.96 Å². The number of aliphatic imine (C=N–C) groups is 1. The van der Waals surface area contributed by atoms with Crippen molar-refractivity contribution in [2.75, 3.05) is 39.3 Å². The number of guanidine groups is 1. The molecule has 0 saturated carbocycles. The highest BCUT2D eigenvalue weighted by Crippen LogP contribution is 2.09. The molecule has 0 aliphatic carbocycles. The summed E-state index contributed by atoms with van der Waals surface area (Å²) in [5.41, 5.74) is 0.0419. The van der Waals surface area contributed by atoms with E-state index in [1.807, 2.05) is 4.57 Å². The quantitative estimate of drug-likeness (QED) is 0.398. The lowest BCUT2D eigenvalue weighted by molar-refractivity contribution is 0.232. The van der Waals surface area contributed by atoms with Crippen molar-refractivity contribution < 1.29 is 0 Å². The van der Waals surface area contributed by atoms with E-state index in [0.717, 1.165) is 63.6 Å². The van der Waals surface area contributed by atoms with Crippen molar-refractivity contribution in [3.63, 3.8) is 0 Å². The SMILES string of the molecule is CCNC(=NCCCn1nc2n(c1=O)CCCC2)NCCN1CCCCC1. The van der Waals surface area contributed by atoms with Crippen LogP contribution in [0.4, 0.5) is 0 Å². The van der Waals surface area contributed by atoms with Gasteiger partial charge in [-0.3, -0.25) is 9.56 Å². The first-order chi connectivity index (χ1) is 13.3. The average molecular weight is 378 g/mol. The molecule has 0 unspecified atom stereocenters. The number of nitrogens with one attached hydrogen (secondary N) is 2. The van der Waals surface area contributed by atoms with Crippen molar-refractivity contribution in [2.45, 2.75) is 65.0 Å². The van der Waals surface area contributed by atoms with Gasteiger partial charge in [-0.15, -0.1) is 0 Å². The van der Waals surface area contributed by atoms with E-state index in [1.54, 1.807) is 4.68 Å². The number of piperidine rings is 1. The summed E-state index contributed by atoms with van der Waals surface area (Å²) < 4.78 is 3.45. The third kappa shape index (κ3) is 5.82. The van der Waals surface area contributed by atoms with Crippen molar-refractivity contribution in [1.29, 1.82) is 0 Å². The Bertz CT molecular complexity index is 658. The smallest absolute Gasteiger partial charge is 0.345 e. The molecule has 8 nitrogen and oxygen atoms in total. The largest absolute Gasteiger partial charge is 0.357 e. The second-order valence-electron chi connectivity index (χ2n) is 7.47. The van der Waals surface area contributed by atoms with Crippen LogP contribution in [0.5, 0.6) is 0 Å². The monoisotopic (exact) mass is 377 g/mol. The average Bonchev–Trinajstić information content (AvgIpc) is 3.02. The molecule has 0 amide bonds. The zero-order valence-corrected chi connectivity index (χ0v) is 16.8. The minimum absolute atomic E-state index is 0.0419. The van der Waals surface area contributed by atoms with Crippen LogP contribution in [-0.4, -0.2) is 64.5 Å². The topological polar surface area (TPSA) is 79.5 Å². The van der Waals surface area contributed by atoms with Crippen molar-refractivity contribution in [2.24, 2.45) is 4.99 Å². The van der Waals surface area contributed by atoms with E-state index < -0.39 is 0 Å². The molecule has 2 aliphatic heterocycles. The first kappa shape index (κ1) is 19.9. The van der Waals surface area contributed by atoms with Gasteiger partial charge in [-0.2, -0.15) is 5.10 Å². The molecule has 1 aromatic heterocycles. The molecule has 1 aromatic rings. The molecule has 0 bridgehead atoms. The minimum Gasteiger partial charge on any atom is -0.357 e. The molecule has 0 aromatic carbocycles. The fourth-order valence-electron chi connectivity index (χ4n) is 3.86. The molecule has 0 spiro atoms. The first-order valence-electron chi connectivity index (χ1n) is 10.7. The van der Waals surface area contributed by atoms with Crippen LogP contribution in [0.1, 0.15) is 51.3 Å². The maximum Gasteiger partial charge on any atom is 0.345 e. The predicted octanol–water partition coefficient (Wildman–Crippen LogP) is 0.812. The molecule has 0 radical (unpaired) electrons. The van der Waals surface area contributed by atoms with Crippen LogP contribution in [0.2, 0.25) is 0 Å². The van der Waals surface area contributed by atoms with Crippen LogP contribution in [0.15, 0.2) is 9.79 Å². The van der Waals surface area contributed by atoms with E-state index in [1.165, 1.54) is 32.4 Å². The summed E-state index contributed by atoms with van der Waals surface area (Å²) in [6.45, 7) is 9.50. The number of likely N-dealkylation sites (tertiary alicyclic amines) is 1. The number of aryl methyl sites for hydroxylation is 2. The van der Waals surface area contributed by atoms with Gasteiger partial charge in [-0.05, 0) is 52.1 Å². The van der Waals surface area contributed by atoms with Crippen molar-refractivity contribution in [1.82, 2.24) is 29.9 Å². The lowest BCUT2D eigenvalue weighted by Gasteiger charge is -2.26. The van der Waals surface area contributed by atoms with Gasteiger partial charge in [0.05, 0.1) is 0 Å². The molecule has 1 fully saturated rings. The number of rotatable bonds is 8. The number of aromatic nitrogens is 3. The highest BCUT2D eigenvalue weighted by atomic mass is 16.2. The van der Waals surface area contributed by atoms with Crippen LogP contribution < -0.4 is 16.3 Å². The first-order valence-corrected chi connectivity index (χ1v) is 10.7. The van der Waals surface area contributed by atoms with Crippen LogP contribution in [0.25, 0.3) is 0 Å². The van der Waals surface area contributed by atoms with Crippen molar-refractivity contribution in [3.8, 4) is 0 Å². The van der Waals surface area contributed by atoms with E-state index in [2.05, 4.69) is 32.5 Å². The summed E-state index contributed by atoms with van der Waals surface area (Å²) >= 11 is 0. The summed E-state index contributed by atoms with van der Waals surface area (Å²) in [4.78, 5) is 19.5. The van der Waals surface area contributed by atoms with Gasteiger partial charge < -0.3 is 15.5 Å². The Kier molecular flexibility index (Phi) is 7.74. The zero-order valence-electron chi connectivity index (χ0n) is 16.8. The Morgan fingerprint density at radius 3 is 2.67 bits per heavy atom. The Morgan fingerprint density at radius 1 is 1.07 bits per heavy atom. The molecule has 3 rings (SSSR count). The molecule has 1 saturated heterocycles. The Labute approximate surface area is 162 Å². The fraction of sp³-hybridized carbons (Fsp3) is 0.842. The zero-order chi connectivity index (χ0) is 18.9. The molecule has 3 heterocycles. The molecule has 8 heteroatoms. The van der Waals surface area contributed by atoms with E-state index in [9.17, 15) is 4.79 Å². The van der Waals surface area contributed by atoms with Crippen molar-refractivity contribution >= 4 is 5.96 Å². The third-order valence-corrected chi connectivity index (χ3v) is 5.34. The molecule has 2 aliphatic rings. The fourth-order valence-corrected chi connectivity index (χ4v) is 3.86. The Balaban J connectivity index is 1.41. The third-order valence-electron chi connectivity index (χ3n) is 5.34. The van der Waals surface area contributed by atoms with Crippen LogP contribution in [0.3, 0.4) is 0 Å². The lowest BCUT2D eigenvalue weighted by Crippen LogP contribution is -2.42. The standard InChI is InChI=1S/C19H35N7O/c1-2-20-18(22-11-16-24-12-5-3-6-13-24)21-10-8-15-26-19(27)25-14-7-4-9-17(25)23-26/h2-16H2,1H3,(H2,20,21,22). The maximum absolute atomic E-state index is 12.3. The summed E-state index contributed by atoms with van der Waals surface area (Å²) in [7, 11) is 0. The van der Waals surface area contributed by atoms with Gasteiger partial charge in [-0.25, -0.2) is 9.48 Å². The van der Waals surface area contributed by atoms with Crippen molar-refractivity contribution in [3.05, 3.63) is 16.3 Å². The maximum atomic E-state index is 12.3. The molecular weight excluding hydrogens is 342 g/mol. The highest BCUT2D eigenvalue weighted by Gasteiger charge is 2.16. The Hall–Kier alpha value is -1.83. The van der Waals surface area contributed by atoms with Crippen LogP contribution in [-0.2, 0) is 19.5 Å². The van der Waals surface area contributed by atoms with Crippen LogP contribution in [0, 0.1) is 0 Å². The number of hydrogen-bond donors (Lipinski definition) is 2. The second kappa shape index (κ2) is 10.5. The molecule has 152 valence electrons. The Morgan fingerprint density at radius 2 is 1.89 bits per heavy atom. The van der Waals surface area contributed by atoms with Gasteiger partial charge in [0.1, 0.15) is 5.82 Å². The molecular formula is C19H35N7O. The van der Waals surface area contributed by atoms with Gasteiger partial charge in [-0.1, -0.05) is 6.42 Å². The number of fused-ring (bicyclic) bond motifs is 1. The summed E-state index contributed by atoms with van der Waals surface area (Å²) in [5.74, 6) is 1.81. The minimum atomic E-state index is 0.0419. The molecule has 27 heavy (non-hydrogen) atoms. The van der Waals surface area contributed by atoms with E-state index >= 15 is 0 Å². The second-order valence-corrected chi connectivity index (χ2v) is 7.47. The predicted molar refractivity (Wildman–Crippen MR) is 108 cm³/mol. The van der Waals surface area contributed by atoms with Crippen LogP contribution >= 0.6 is 0 Å². The molecule has 2 N–H and O–H groups in total. The lowest BCUT2D eigenvalue weighted by atomic mass is 10.1. The summed E-state index contributed by atoms with van der Waals surface area (Å²) in [6.07, 6.45) is 7.98. The highest BCUT2D eigenvalue weighted by molar-refractivity contribution is 5.79. The normalized spacial score (nSPS) is 18.3. The van der Waals surface area contributed by atoms with Gasteiger partial charge in [0.2, 0.25) is 0 Å². The van der Waals surface area contributed by atoms with E-state index in [0.29, 0.717) is 13.1 Å².